The van der Waals surface area contributed by atoms with E-state index in [2.05, 4.69) is 16.6 Å². The first-order valence-corrected chi connectivity index (χ1v) is 8.00. The summed E-state index contributed by atoms with van der Waals surface area (Å²) in [6.07, 6.45) is 5.43. The van der Waals surface area contributed by atoms with Crippen LogP contribution in [0.2, 0.25) is 0 Å². The molecular formula is C13H22N2O3S. The van der Waals surface area contributed by atoms with Gasteiger partial charge in [-0.05, 0) is 19.4 Å². The number of ether oxygens (including phenoxy) is 1. The van der Waals surface area contributed by atoms with Crippen molar-refractivity contribution in [3.8, 4) is 5.88 Å². The van der Waals surface area contributed by atoms with Crippen LogP contribution < -0.4 is 9.46 Å². The molecule has 0 unspecified atom stereocenters. The minimum Gasteiger partial charge on any atom is -0.481 e. The summed E-state index contributed by atoms with van der Waals surface area (Å²) in [6.45, 7) is 4.00. The molecule has 0 spiro atoms. The SMILES string of the molecule is CCCCC[C@H](C)NS(=O)(=O)c1ccc(OC)nc1. The van der Waals surface area contributed by atoms with Crippen molar-refractivity contribution < 1.29 is 13.2 Å². The average molecular weight is 286 g/mol. The van der Waals surface area contributed by atoms with E-state index in [1.807, 2.05) is 6.92 Å². The van der Waals surface area contributed by atoms with E-state index in [4.69, 9.17) is 4.74 Å². The Kier molecular flexibility index (Phi) is 6.24. The average Bonchev–Trinajstić information content (AvgIpc) is 2.38. The number of aromatic nitrogens is 1. The molecule has 0 aliphatic heterocycles. The highest BCUT2D eigenvalue weighted by molar-refractivity contribution is 7.89. The fraction of sp³-hybridized carbons (Fsp3) is 0.615. The fourth-order valence-electron chi connectivity index (χ4n) is 1.74. The minimum absolute atomic E-state index is 0.0707. The zero-order valence-corrected chi connectivity index (χ0v) is 12.5. The summed E-state index contributed by atoms with van der Waals surface area (Å²) < 4.78 is 31.7. The first-order chi connectivity index (χ1) is 8.99. The van der Waals surface area contributed by atoms with E-state index in [1.165, 1.54) is 25.4 Å². The van der Waals surface area contributed by atoms with Crippen molar-refractivity contribution in [1.29, 1.82) is 0 Å². The topological polar surface area (TPSA) is 68.3 Å². The number of nitrogens with zero attached hydrogens (tertiary/aromatic N) is 1. The third-order valence-corrected chi connectivity index (χ3v) is 4.40. The summed E-state index contributed by atoms with van der Waals surface area (Å²) in [5.74, 6) is 0.398. The summed E-state index contributed by atoms with van der Waals surface area (Å²) in [7, 11) is -2.00. The number of hydrogen-bond acceptors (Lipinski definition) is 4. The zero-order valence-electron chi connectivity index (χ0n) is 11.7. The lowest BCUT2D eigenvalue weighted by Gasteiger charge is -2.13. The van der Waals surface area contributed by atoms with Gasteiger partial charge in [0.15, 0.2) is 0 Å². The summed E-state index contributed by atoms with van der Waals surface area (Å²) >= 11 is 0. The molecule has 0 aliphatic carbocycles. The third-order valence-electron chi connectivity index (χ3n) is 2.83. The Hall–Kier alpha value is -1.14. The molecule has 0 aliphatic rings. The van der Waals surface area contributed by atoms with Crippen LogP contribution in [0.25, 0.3) is 0 Å². The smallest absolute Gasteiger partial charge is 0.242 e. The molecule has 1 atom stereocenters. The van der Waals surface area contributed by atoms with Crippen molar-refractivity contribution in [2.45, 2.75) is 50.5 Å². The second-order valence-electron chi connectivity index (χ2n) is 4.55. The monoisotopic (exact) mass is 286 g/mol. The molecule has 0 saturated heterocycles. The van der Waals surface area contributed by atoms with Crippen LogP contribution in [-0.2, 0) is 10.0 Å². The first kappa shape index (κ1) is 15.9. The number of pyridine rings is 1. The summed E-state index contributed by atoms with van der Waals surface area (Å²) in [4.78, 5) is 4.07. The van der Waals surface area contributed by atoms with E-state index >= 15 is 0 Å². The molecule has 19 heavy (non-hydrogen) atoms. The molecule has 6 heteroatoms. The molecule has 0 bridgehead atoms. The van der Waals surface area contributed by atoms with Crippen LogP contribution in [-0.4, -0.2) is 26.6 Å². The number of unbranched alkanes of at least 4 members (excludes halogenated alkanes) is 2. The van der Waals surface area contributed by atoms with Gasteiger partial charge in [0.25, 0.3) is 0 Å². The van der Waals surface area contributed by atoms with Crippen molar-refractivity contribution in [2.24, 2.45) is 0 Å². The Balaban J connectivity index is 2.63. The molecule has 1 N–H and O–H groups in total. The molecule has 108 valence electrons. The van der Waals surface area contributed by atoms with E-state index in [-0.39, 0.29) is 10.9 Å². The van der Waals surface area contributed by atoms with Gasteiger partial charge in [-0.3, -0.25) is 0 Å². The molecule has 5 nitrogen and oxygen atoms in total. The summed E-state index contributed by atoms with van der Waals surface area (Å²) in [5, 5.41) is 0. The van der Waals surface area contributed by atoms with Gasteiger partial charge in [-0.2, -0.15) is 0 Å². The second-order valence-corrected chi connectivity index (χ2v) is 6.27. The van der Waals surface area contributed by atoms with E-state index in [1.54, 1.807) is 0 Å². The molecule has 0 saturated carbocycles. The van der Waals surface area contributed by atoms with Gasteiger partial charge < -0.3 is 4.74 Å². The van der Waals surface area contributed by atoms with Crippen LogP contribution in [0, 0.1) is 0 Å². The molecule has 0 aromatic carbocycles. The predicted octanol–water partition coefficient (Wildman–Crippen LogP) is 2.34. The normalized spacial score (nSPS) is 13.2. The Morgan fingerprint density at radius 2 is 2.11 bits per heavy atom. The predicted molar refractivity (Wildman–Crippen MR) is 74.7 cm³/mol. The first-order valence-electron chi connectivity index (χ1n) is 6.52. The van der Waals surface area contributed by atoms with Gasteiger partial charge >= 0.3 is 0 Å². The second kappa shape index (κ2) is 7.45. The molecule has 1 aromatic heterocycles. The van der Waals surface area contributed by atoms with Gasteiger partial charge in [0.1, 0.15) is 4.90 Å². The number of sulfonamides is 1. The van der Waals surface area contributed by atoms with E-state index in [0.29, 0.717) is 5.88 Å². The van der Waals surface area contributed by atoms with Crippen LogP contribution >= 0.6 is 0 Å². The lowest BCUT2D eigenvalue weighted by atomic mass is 10.1. The fourth-order valence-corrected chi connectivity index (χ4v) is 2.96. The molecular weight excluding hydrogens is 264 g/mol. The van der Waals surface area contributed by atoms with Crippen molar-refractivity contribution >= 4 is 10.0 Å². The molecule has 1 aromatic rings. The van der Waals surface area contributed by atoms with Crippen molar-refractivity contribution in [3.63, 3.8) is 0 Å². The van der Waals surface area contributed by atoms with E-state index < -0.39 is 10.0 Å². The van der Waals surface area contributed by atoms with E-state index in [9.17, 15) is 8.42 Å². The zero-order chi connectivity index (χ0) is 14.3. The Bertz CT molecular complexity index is 471. The van der Waals surface area contributed by atoms with Crippen LogP contribution in [0.15, 0.2) is 23.2 Å². The number of rotatable bonds is 8. The van der Waals surface area contributed by atoms with Crippen LogP contribution in [0.3, 0.4) is 0 Å². The van der Waals surface area contributed by atoms with Gasteiger partial charge in [-0.1, -0.05) is 26.2 Å². The van der Waals surface area contributed by atoms with E-state index in [0.717, 1.165) is 25.7 Å². The van der Waals surface area contributed by atoms with Gasteiger partial charge in [0.05, 0.1) is 13.3 Å². The lowest BCUT2D eigenvalue weighted by Crippen LogP contribution is -2.32. The van der Waals surface area contributed by atoms with Gasteiger partial charge in [-0.25, -0.2) is 18.1 Å². The Morgan fingerprint density at radius 3 is 2.63 bits per heavy atom. The lowest BCUT2D eigenvalue weighted by molar-refractivity contribution is 0.397. The van der Waals surface area contributed by atoms with Gasteiger partial charge in [-0.15, -0.1) is 0 Å². The molecule has 1 heterocycles. The quantitative estimate of drug-likeness (QED) is 0.745. The van der Waals surface area contributed by atoms with Gasteiger partial charge in [0.2, 0.25) is 15.9 Å². The third kappa shape index (κ3) is 5.16. The maximum absolute atomic E-state index is 12.1. The van der Waals surface area contributed by atoms with Crippen molar-refractivity contribution in [2.75, 3.05) is 7.11 Å². The van der Waals surface area contributed by atoms with Crippen LogP contribution in [0.5, 0.6) is 5.88 Å². The molecule has 1 rings (SSSR count). The highest BCUT2D eigenvalue weighted by Crippen LogP contribution is 2.13. The highest BCUT2D eigenvalue weighted by Gasteiger charge is 2.17. The van der Waals surface area contributed by atoms with Crippen molar-refractivity contribution in [1.82, 2.24) is 9.71 Å². The maximum atomic E-state index is 12.1. The number of nitrogens with one attached hydrogen (secondary N) is 1. The summed E-state index contributed by atoms with van der Waals surface area (Å²) in [5.41, 5.74) is 0. The van der Waals surface area contributed by atoms with Crippen molar-refractivity contribution in [3.05, 3.63) is 18.3 Å². The highest BCUT2D eigenvalue weighted by atomic mass is 32.2. The Morgan fingerprint density at radius 1 is 1.37 bits per heavy atom. The number of hydrogen-bond donors (Lipinski definition) is 1. The Labute approximate surface area is 115 Å². The molecule has 0 amide bonds. The van der Waals surface area contributed by atoms with Crippen LogP contribution in [0.1, 0.15) is 39.5 Å². The maximum Gasteiger partial charge on any atom is 0.242 e. The largest absolute Gasteiger partial charge is 0.481 e. The molecule has 0 fully saturated rings. The standard InChI is InChI=1S/C13H22N2O3S/c1-4-5-6-7-11(2)15-19(16,17)12-8-9-13(18-3)14-10-12/h8-11,15H,4-7H2,1-3H3/t11-/m0/s1. The van der Waals surface area contributed by atoms with Crippen LogP contribution in [0.4, 0.5) is 0 Å². The summed E-state index contributed by atoms with van der Waals surface area (Å²) in [6, 6.07) is 2.96. The number of methoxy groups -OCH3 is 1. The minimum atomic E-state index is -3.49. The molecule has 0 radical (unpaired) electrons. The van der Waals surface area contributed by atoms with Gasteiger partial charge in [0, 0.05) is 12.1 Å².